The summed E-state index contributed by atoms with van der Waals surface area (Å²) in [6.45, 7) is 8.09. The summed E-state index contributed by atoms with van der Waals surface area (Å²) in [6, 6.07) is 10.1. The Morgan fingerprint density at radius 1 is 1.10 bits per heavy atom. The molecule has 0 radical (unpaired) electrons. The van der Waals surface area contributed by atoms with Crippen molar-refractivity contribution in [3.8, 4) is 0 Å². The van der Waals surface area contributed by atoms with Crippen LogP contribution in [-0.2, 0) is 4.74 Å². The van der Waals surface area contributed by atoms with E-state index < -0.39 is 0 Å². The van der Waals surface area contributed by atoms with Crippen LogP contribution in [0.25, 0.3) is 21.9 Å². The minimum atomic E-state index is -0.0550. The normalized spacial score (nSPS) is 13.4. The Bertz CT molecular complexity index is 758. The predicted molar refractivity (Wildman–Crippen MR) is 80.9 cm³/mol. The number of nitrogens with zero attached hydrogens (tertiary/aromatic N) is 1. The zero-order chi connectivity index (χ0) is 14.3. The van der Waals surface area contributed by atoms with E-state index in [1.54, 1.807) is 0 Å². The van der Waals surface area contributed by atoms with Gasteiger partial charge in [-0.2, -0.15) is 0 Å². The lowest BCUT2D eigenvalue weighted by Crippen LogP contribution is -2.06. The Hall–Kier alpha value is -1.87. The number of fused-ring (bicyclic) bond motifs is 3. The number of hydrogen-bond donors (Lipinski definition) is 0. The second-order valence-electron chi connectivity index (χ2n) is 5.43. The van der Waals surface area contributed by atoms with Gasteiger partial charge < -0.3 is 9.15 Å². The third-order valence-corrected chi connectivity index (χ3v) is 3.45. The van der Waals surface area contributed by atoms with Crippen molar-refractivity contribution < 1.29 is 9.15 Å². The molecule has 0 fully saturated rings. The fraction of sp³-hybridized carbons (Fsp3) is 0.353. The van der Waals surface area contributed by atoms with Gasteiger partial charge in [-0.15, -0.1) is 0 Å². The first kappa shape index (κ1) is 13.1. The highest BCUT2D eigenvalue weighted by Crippen LogP contribution is 2.32. The van der Waals surface area contributed by atoms with Crippen LogP contribution in [-0.4, -0.2) is 11.1 Å². The smallest absolute Gasteiger partial charge is 0.145 e. The Labute approximate surface area is 118 Å². The second kappa shape index (κ2) is 4.91. The molecule has 0 spiro atoms. The zero-order valence-corrected chi connectivity index (χ0v) is 12.3. The molecule has 0 aliphatic heterocycles. The van der Waals surface area contributed by atoms with Gasteiger partial charge in [0.15, 0.2) is 0 Å². The maximum atomic E-state index is 6.06. The van der Waals surface area contributed by atoms with Crippen molar-refractivity contribution in [1.29, 1.82) is 0 Å². The summed E-state index contributed by atoms with van der Waals surface area (Å²) < 4.78 is 11.9. The van der Waals surface area contributed by atoms with Crippen LogP contribution in [0.1, 0.15) is 38.3 Å². The van der Waals surface area contributed by atoms with E-state index in [1.807, 2.05) is 52.0 Å². The van der Waals surface area contributed by atoms with Crippen molar-refractivity contribution in [2.45, 2.75) is 39.9 Å². The van der Waals surface area contributed by atoms with Crippen molar-refractivity contribution in [2.75, 3.05) is 0 Å². The van der Waals surface area contributed by atoms with Crippen molar-refractivity contribution in [3.63, 3.8) is 0 Å². The molecule has 104 valence electrons. The largest absolute Gasteiger partial charge is 0.458 e. The molecule has 0 aliphatic carbocycles. The van der Waals surface area contributed by atoms with E-state index in [0.29, 0.717) is 0 Å². The molecule has 0 N–H and O–H groups in total. The van der Waals surface area contributed by atoms with Crippen LogP contribution in [0, 0.1) is 6.92 Å². The summed E-state index contributed by atoms with van der Waals surface area (Å²) in [4.78, 5) is 4.64. The summed E-state index contributed by atoms with van der Waals surface area (Å²) in [5.74, 6) is 0.856. The molecule has 0 saturated carbocycles. The first-order valence-electron chi connectivity index (χ1n) is 7.00. The lowest BCUT2D eigenvalue weighted by atomic mass is 10.1. The predicted octanol–water partition coefficient (Wildman–Crippen LogP) is 4.78. The molecule has 2 heterocycles. The molecule has 3 rings (SSSR count). The summed E-state index contributed by atoms with van der Waals surface area (Å²) >= 11 is 0. The Kier molecular flexibility index (Phi) is 3.22. The van der Waals surface area contributed by atoms with E-state index in [4.69, 9.17) is 9.15 Å². The van der Waals surface area contributed by atoms with Gasteiger partial charge in [-0.05, 0) is 45.9 Å². The lowest BCUT2D eigenvalue weighted by molar-refractivity contribution is 0.00675. The van der Waals surface area contributed by atoms with E-state index in [-0.39, 0.29) is 12.2 Å². The molecule has 2 aromatic heterocycles. The highest BCUT2D eigenvalue weighted by Gasteiger charge is 2.16. The number of rotatable bonds is 3. The van der Waals surface area contributed by atoms with E-state index in [2.05, 4.69) is 11.1 Å². The van der Waals surface area contributed by atoms with Crippen LogP contribution in [0.4, 0.5) is 0 Å². The zero-order valence-electron chi connectivity index (χ0n) is 12.3. The number of furan rings is 1. The summed E-state index contributed by atoms with van der Waals surface area (Å²) in [7, 11) is 0. The highest BCUT2D eigenvalue weighted by atomic mass is 16.5. The van der Waals surface area contributed by atoms with Gasteiger partial charge in [0.05, 0.1) is 11.6 Å². The first-order valence-corrected chi connectivity index (χ1v) is 7.00. The van der Waals surface area contributed by atoms with Crippen LogP contribution in [0.15, 0.2) is 34.7 Å². The van der Waals surface area contributed by atoms with E-state index >= 15 is 0 Å². The molecule has 1 aromatic carbocycles. The third kappa shape index (κ3) is 2.18. The fourth-order valence-corrected chi connectivity index (χ4v) is 2.56. The van der Waals surface area contributed by atoms with Crippen LogP contribution in [0.3, 0.4) is 0 Å². The van der Waals surface area contributed by atoms with Gasteiger partial charge in [-0.25, -0.2) is 0 Å². The number of hydrogen-bond acceptors (Lipinski definition) is 3. The minimum absolute atomic E-state index is 0.0550. The average Bonchev–Trinajstić information content (AvgIpc) is 2.84. The van der Waals surface area contributed by atoms with Gasteiger partial charge >= 0.3 is 0 Å². The maximum absolute atomic E-state index is 6.06. The molecule has 0 bridgehead atoms. The average molecular weight is 269 g/mol. The summed E-state index contributed by atoms with van der Waals surface area (Å²) in [5.41, 5.74) is 2.86. The first-order chi connectivity index (χ1) is 9.56. The molecule has 1 atom stereocenters. The molecule has 1 unspecified atom stereocenters. The number of aromatic nitrogens is 1. The number of pyridine rings is 1. The second-order valence-corrected chi connectivity index (χ2v) is 5.43. The lowest BCUT2D eigenvalue weighted by Gasteiger charge is -2.13. The van der Waals surface area contributed by atoms with Crippen molar-refractivity contribution >= 4 is 21.9 Å². The van der Waals surface area contributed by atoms with Crippen molar-refractivity contribution in [3.05, 3.63) is 41.8 Å². The molecular weight excluding hydrogens is 250 g/mol. The van der Waals surface area contributed by atoms with Crippen LogP contribution in [0.2, 0.25) is 0 Å². The van der Waals surface area contributed by atoms with E-state index in [9.17, 15) is 0 Å². The Morgan fingerprint density at radius 2 is 1.85 bits per heavy atom. The fourth-order valence-electron chi connectivity index (χ4n) is 2.56. The topological polar surface area (TPSA) is 35.3 Å². The van der Waals surface area contributed by atoms with Crippen LogP contribution in [0.5, 0.6) is 0 Å². The van der Waals surface area contributed by atoms with Gasteiger partial charge in [0.25, 0.3) is 0 Å². The number of benzene rings is 1. The molecule has 3 heteroatoms. The standard InChI is InChI=1S/C17H19NO2/c1-10(2)19-12(4)16-9-14-11(3)18-15-8-6-5-7-13(15)17(14)20-16/h5-10,12H,1-4H3. The van der Waals surface area contributed by atoms with Gasteiger partial charge in [0, 0.05) is 16.5 Å². The van der Waals surface area contributed by atoms with Crippen molar-refractivity contribution in [2.24, 2.45) is 0 Å². The summed E-state index contributed by atoms with van der Waals surface area (Å²) in [5, 5.41) is 2.12. The SMILES string of the molecule is Cc1nc2ccccc2c2oc(C(C)OC(C)C)cc12. The number of aryl methyl sites for hydroxylation is 1. The van der Waals surface area contributed by atoms with E-state index in [0.717, 1.165) is 33.3 Å². The van der Waals surface area contributed by atoms with Gasteiger partial charge in [0.2, 0.25) is 0 Å². The van der Waals surface area contributed by atoms with Crippen LogP contribution < -0.4 is 0 Å². The van der Waals surface area contributed by atoms with Crippen molar-refractivity contribution in [1.82, 2.24) is 4.98 Å². The van der Waals surface area contributed by atoms with Crippen LogP contribution >= 0.6 is 0 Å². The number of para-hydroxylation sites is 1. The number of ether oxygens (including phenoxy) is 1. The monoisotopic (exact) mass is 269 g/mol. The quantitative estimate of drug-likeness (QED) is 0.686. The molecule has 3 aromatic rings. The Morgan fingerprint density at radius 3 is 2.60 bits per heavy atom. The molecule has 0 saturated heterocycles. The maximum Gasteiger partial charge on any atom is 0.145 e. The molecule has 0 amide bonds. The molecular formula is C17H19NO2. The minimum Gasteiger partial charge on any atom is -0.458 e. The van der Waals surface area contributed by atoms with E-state index in [1.165, 1.54) is 0 Å². The highest BCUT2D eigenvalue weighted by molar-refractivity contribution is 6.03. The summed E-state index contributed by atoms with van der Waals surface area (Å²) in [6.07, 6.45) is 0.120. The van der Waals surface area contributed by atoms with Gasteiger partial charge in [0.1, 0.15) is 17.4 Å². The van der Waals surface area contributed by atoms with Gasteiger partial charge in [-0.1, -0.05) is 12.1 Å². The molecule has 0 aliphatic rings. The third-order valence-electron chi connectivity index (χ3n) is 3.45. The molecule has 3 nitrogen and oxygen atoms in total. The van der Waals surface area contributed by atoms with Gasteiger partial charge in [-0.3, -0.25) is 4.98 Å². The molecule has 20 heavy (non-hydrogen) atoms. The Balaban J connectivity index is 2.19.